The van der Waals surface area contributed by atoms with Gasteiger partial charge in [-0.2, -0.15) is 0 Å². The van der Waals surface area contributed by atoms with Gasteiger partial charge in [-0.15, -0.1) is 6.42 Å². The molecular formula is C15H19N3O4. The molecule has 118 valence electrons. The number of carbonyl (C=O) groups is 2. The Kier molecular flexibility index (Phi) is 5.35. The number of terminal acetylenes is 1. The molecule has 1 rings (SSSR count). The SMILES string of the molecule is C#CCN(C(=O)OC(C)(C)C)c1cnc(C(N)=O)cc1OC. The maximum atomic E-state index is 12.3. The van der Waals surface area contributed by atoms with E-state index in [9.17, 15) is 9.59 Å². The van der Waals surface area contributed by atoms with Crippen LogP contribution in [0.5, 0.6) is 5.75 Å². The van der Waals surface area contributed by atoms with E-state index in [4.69, 9.17) is 21.6 Å². The molecule has 0 spiro atoms. The number of hydrogen-bond acceptors (Lipinski definition) is 5. The van der Waals surface area contributed by atoms with Crippen molar-refractivity contribution >= 4 is 17.7 Å². The quantitative estimate of drug-likeness (QED) is 0.852. The highest BCUT2D eigenvalue weighted by Gasteiger charge is 2.25. The van der Waals surface area contributed by atoms with Gasteiger partial charge in [0.2, 0.25) is 0 Å². The Hall–Kier alpha value is -2.75. The van der Waals surface area contributed by atoms with Crippen molar-refractivity contribution in [2.45, 2.75) is 26.4 Å². The zero-order valence-corrected chi connectivity index (χ0v) is 13.0. The molecule has 0 saturated heterocycles. The predicted octanol–water partition coefficient (Wildman–Crippen LogP) is 1.56. The summed E-state index contributed by atoms with van der Waals surface area (Å²) in [5.74, 6) is 1.91. The molecule has 0 saturated carbocycles. The summed E-state index contributed by atoms with van der Waals surface area (Å²) in [5, 5.41) is 0. The Morgan fingerprint density at radius 3 is 2.55 bits per heavy atom. The number of ether oxygens (including phenoxy) is 2. The Bertz CT molecular complexity index is 614. The van der Waals surface area contributed by atoms with Gasteiger partial charge in [0.15, 0.2) is 0 Å². The lowest BCUT2D eigenvalue weighted by Gasteiger charge is -2.27. The molecule has 0 fully saturated rings. The number of nitrogens with zero attached hydrogens (tertiary/aromatic N) is 2. The van der Waals surface area contributed by atoms with Crippen molar-refractivity contribution < 1.29 is 19.1 Å². The zero-order valence-electron chi connectivity index (χ0n) is 13.0. The first-order valence-electron chi connectivity index (χ1n) is 6.47. The number of hydrogen-bond donors (Lipinski definition) is 1. The summed E-state index contributed by atoms with van der Waals surface area (Å²) >= 11 is 0. The Balaban J connectivity index is 3.24. The molecule has 0 aromatic carbocycles. The van der Waals surface area contributed by atoms with Gasteiger partial charge in [-0.25, -0.2) is 9.78 Å². The second-order valence-electron chi connectivity index (χ2n) is 5.38. The molecule has 0 aliphatic rings. The van der Waals surface area contributed by atoms with Crippen LogP contribution in [-0.4, -0.2) is 36.2 Å². The number of nitrogens with two attached hydrogens (primary N) is 1. The van der Waals surface area contributed by atoms with E-state index in [1.54, 1.807) is 20.8 Å². The molecule has 0 radical (unpaired) electrons. The minimum atomic E-state index is -0.703. The van der Waals surface area contributed by atoms with E-state index in [-0.39, 0.29) is 18.0 Å². The summed E-state index contributed by atoms with van der Waals surface area (Å²) in [5.41, 5.74) is 4.80. The molecule has 0 aliphatic carbocycles. The highest BCUT2D eigenvalue weighted by atomic mass is 16.6. The summed E-state index contributed by atoms with van der Waals surface area (Å²) in [6.07, 6.45) is 5.95. The lowest BCUT2D eigenvalue weighted by Crippen LogP contribution is -2.37. The molecule has 0 bridgehead atoms. The van der Waals surface area contributed by atoms with Crippen molar-refractivity contribution in [1.82, 2.24) is 4.98 Å². The van der Waals surface area contributed by atoms with Crippen LogP contribution in [0.1, 0.15) is 31.3 Å². The van der Waals surface area contributed by atoms with Crippen LogP contribution in [0.25, 0.3) is 0 Å². The molecule has 0 atom stereocenters. The lowest BCUT2D eigenvalue weighted by molar-refractivity contribution is 0.0584. The van der Waals surface area contributed by atoms with Crippen LogP contribution in [0.15, 0.2) is 12.3 Å². The molecule has 1 aromatic rings. The van der Waals surface area contributed by atoms with E-state index in [2.05, 4.69) is 10.9 Å². The van der Waals surface area contributed by atoms with Gasteiger partial charge >= 0.3 is 6.09 Å². The second-order valence-corrected chi connectivity index (χ2v) is 5.38. The average molecular weight is 305 g/mol. The summed E-state index contributed by atoms with van der Waals surface area (Å²) < 4.78 is 10.5. The fourth-order valence-electron chi connectivity index (χ4n) is 1.59. The Morgan fingerprint density at radius 1 is 1.45 bits per heavy atom. The monoisotopic (exact) mass is 305 g/mol. The van der Waals surface area contributed by atoms with Crippen LogP contribution in [0.2, 0.25) is 0 Å². The smallest absolute Gasteiger partial charge is 0.415 e. The molecule has 2 amide bonds. The van der Waals surface area contributed by atoms with Crippen molar-refractivity contribution in [3.8, 4) is 18.1 Å². The van der Waals surface area contributed by atoms with Gasteiger partial charge in [0.1, 0.15) is 22.7 Å². The third-order valence-electron chi connectivity index (χ3n) is 2.47. The van der Waals surface area contributed by atoms with Crippen LogP contribution in [0.4, 0.5) is 10.5 Å². The van der Waals surface area contributed by atoms with E-state index in [1.807, 2.05) is 0 Å². The summed E-state index contributed by atoms with van der Waals surface area (Å²) in [6, 6.07) is 1.34. The van der Waals surface area contributed by atoms with E-state index in [0.29, 0.717) is 5.69 Å². The molecule has 1 heterocycles. The van der Waals surface area contributed by atoms with Gasteiger partial charge < -0.3 is 15.2 Å². The minimum absolute atomic E-state index is 0.0189. The molecule has 7 heteroatoms. The number of pyridine rings is 1. The third-order valence-corrected chi connectivity index (χ3v) is 2.47. The van der Waals surface area contributed by atoms with Crippen molar-refractivity contribution in [2.24, 2.45) is 5.73 Å². The van der Waals surface area contributed by atoms with Gasteiger partial charge in [-0.1, -0.05) is 5.92 Å². The van der Waals surface area contributed by atoms with E-state index >= 15 is 0 Å². The van der Waals surface area contributed by atoms with E-state index < -0.39 is 17.6 Å². The molecule has 1 aromatic heterocycles. The largest absolute Gasteiger partial charge is 0.494 e. The summed E-state index contributed by atoms with van der Waals surface area (Å²) in [4.78, 5) is 28.5. The number of primary amides is 1. The molecule has 7 nitrogen and oxygen atoms in total. The average Bonchev–Trinajstić information content (AvgIpc) is 2.42. The number of methoxy groups -OCH3 is 1. The van der Waals surface area contributed by atoms with E-state index in [1.165, 1.54) is 24.3 Å². The van der Waals surface area contributed by atoms with Crippen LogP contribution in [0, 0.1) is 12.3 Å². The summed E-state index contributed by atoms with van der Waals surface area (Å²) in [6.45, 7) is 5.18. The van der Waals surface area contributed by atoms with Crippen LogP contribution >= 0.6 is 0 Å². The van der Waals surface area contributed by atoms with Crippen LogP contribution in [-0.2, 0) is 4.74 Å². The first kappa shape index (κ1) is 17.3. The van der Waals surface area contributed by atoms with Crippen LogP contribution in [0.3, 0.4) is 0 Å². The van der Waals surface area contributed by atoms with Crippen molar-refractivity contribution in [3.05, 3.63) is 18.0 Å². The highest BCUT2D eigenvalue weighted by molar-refractivity contribution is 5.94. The maximum Gasteiger partial charge on any atom is 0.415 e. The number of anilines is 1. The summed E-state index contributed by atoms with van der Waals surface area (Å²) in [7, 11) is 1.40. The Morgan fingerprint density at radius 2 is 2.09 bits per heavy atom. The number of rotatable bonds is 4. The van der Waals surface area contributed by atoms with Gasteiger partial charge in [-0.3, -0.25) is 9.69 Å². The third kappa shape index (κ3) is 4.38. The van der Waals surface area contributed by atoms with Gasteiger partial charge in [0, 0.05) is 6.07 Å². The normalized spacial score (nSPS) is 10.5. The number of carbonyl (C=O) groups excluding carboxylic acids is 2. The lowest BCUT2D eigenvalue weighted by atomic mass is 10.2. The topological polar surface area (TPSA) is 94.8 Å². The number of aromatic nitrogens is 1. The fourth-order valence-corrected chi connectivity index (χ4v) is 1.59. The molecule has 22 heavy (non-hydrogen) atoms. The predicted molar refractivity (Wildman–Crippen MR) is 81.7 cm³/mol. The molecule has 0 unspecified atom stereocenters. The maximum absolute atomic E-state index is 12.3. The highest BCUT2D eigenvalue weighted by Crippen LogP contribution is 2.29. The standard InChI is InChI=1S/C15H19N3O4/c1-6-7-18(14(20)22-15(2,3)4)11-9-17-10(13(16)19)8-12(11)21-5/h1,8-9H,7H2,2-5H3,(H2,16,19). The van der Waals surface area contributed by atoms with Crippen molar-refractivity contribution in [3.63, 3.8) is 0 Å². The zero-order chi connectivity index (χ0) is 16.9. The first-order chi connectivity index (χ1) is 10.2. The fraction of sp³-hybridized carbons (Fsp3) is 0.400. The van der Waals surface area contributed by atoms with Gasteiger partial charge in [0.25, 0.3) is 5.91 Å². The molecular weight excluding hydrogens is 286 g/mol. The second kappa shape index (κ2) is 6.80. The minimum Gasteiger partial charge on any atom is -0.494 e. The number of amides is 2. The van der Waals surface area contributed by atoms with Gasteiger partial charge in [0.05, 0.1) is 19.9 Å². The molecule has 2 N–H and O–H groups in total. The van der Waals surface area contributed by atoms with Crippen molar-refractivity contribution in [2.75, 3.05) is 18.6 Å². The van der Waals surface area contributed by atoms with E-state index in [0.717, 1.165) is 0 Å². The molecule has 0 aliphatic heterocycles. The first-order valence-corrected chi connectivity index (χ1v) is 6.47. The van der Waals surface area contributed by atoms with Crippen molar-refractivity contribution in [1.29, 1.82) is 0 Å². The Labute approximate surface area is 129 Å². The van der Waals surface area contributed by atoms with Crippen LogP contribution < -0.4 is 15.4 Å². The van der Waals surface area contributed by atoms with Gasteiger partial charge in [-0.05, 0) is 20.8 Å².